The van der Waals surface area contributed by atoms with Crippen LogP contribution in [0.25, 0.3) is 0 Å². The van der Waals surface area contributed by atoms with Crippen molar-refractivity contribution >= 4 is 21.6 Å². The third-order valence-electron chi connectivity index (χ3n) is 4.30. The van der Waals surface area contributed by atoms with E-state index in [9.17, 15) is 17.6 Å². The first-order valence-corrected chi connectivity index (χ1v) is 10.5. The number of hydrogen-bond donors (Lipinski definition) is 2. The normalized spacial score (nSPS) is 18.2. The highest BCUT2D eigenvalue weighted by Crippen LogP contribution is 2.13. The zero-order valence-electron chi connectivity index (χ0n) is 14.9. The Morgan fingerprint density at radius 2 is 2.07 bits per heavy atom. The lowest BCUT2D eigenvalue weighted by Crippen LogP contribution is -2.36. The van der Waals surface area contributed by atoms with Crippen LogP contribution in [-0.4, -0.2) is 48.4 Å². The number of sulfone groups is 1. The Morgan fingerprint density at radius 3 is 2.78 bits per heavy atom. The van der Waals surface area contributed by atoms with Gasteiger partial charge in [-0.15, -0.1) is 0 Å². The second-order valence-corrected chi connectivity index (χ2v) is 8.76. The van der Waals surface area contributed by atoms with Gasteiger partial charge in [-0.05, 0) is 31.4 Å². The van der Waals surface area contributed by atoms with Gasteiger partial charge in [0, 0.05) is 18.7 Å². The molecule has 27 heavy (non-hydrogen) atoms. The lowest BCUT2D eigenvalue weighted by atomic mass is 10.1. The summed E-state index contributed by atoms with van der Waals surface area (Å²) in [6.07, 6.45) is 0.878. The van der Waals surface area contributed by atoms with Crippen LogP contribution in [0.2, 0.25) is 0 Å². The third-order valence-corrected chi connectivity index (χ3v) is 6.06. The molecule has 2 aromatic rings. The Morgan fingerprint density at radius 1 is 1.30 bits per heavy atom. The standard InChI is InChI=1S/C18H21FN4O3S/c1-12-21-16(18(24)23-14-7-9-27(25,26)11-14)10-17(22-12)20-8-6-13-4-2-3-5-15(13)19/h2-5,10,14H,6-9,11H2,1H3,(H,23,24)(H,20,21,22). The molecule has 1 aromatic heterocycles. The minimum Gasteiger partial charge on any atom is -0.370 e. The lowest BCUT2D eigenvalue weighted by molar-refractivity contribution is 0.0935. The van der Waals surface area contributed by atoms with Crippen LogP contribution in [0.4, 0.5) is 10.2 Å². The Hall–Kier alpha value is -2.55. The Balaban J connectivity index is 1.62. The summed E-state index contributed by atoms with van der Waals surface area (Å²) < 4.78 is 36.7. The highest BCUT2D eigenvalue weighted by Gasteiger charge is 2.29. The number of amides is 1. The predicted molar refractivity (Wildman–Crippen MR) is 99.9 cm³/mol. The SMILES string of the molecule is Cc1nc(NCCc2ccccc2F)cc(C(=O)NC2CCS(=O)(=O)C2)n1. The van der Waals surface area contributed by atoms with E-state index < -0.39 is 21.8 Å². The minimum atomic E-state index is -3.07. The molecule has 0 saturated carbocycles. The second-order valence-electron chi connectivity index (χ2n) is 6.53. The van der Waals surface area contributed by atoms with Crippen molar-refractivity contribution in [2.75, 3.05) is 23.4 Å². The fourth-order valence-electron chi connectivity index (χ4n) is 2.97. The molecule has 1 fully saturated rings. The van der Waals surface area contributed by atoms with Crippen molar-refractivity contribution < 1.29 is 17.6 Å². The summed E-state index contributed by atoms with van der Waals surface area (Å²) >= 11 is 0. The Bertz CT molecular complexity index is 949. The molecule has 0 spiro atoms. The number of aryl methyl sites for hydroxylation is 1. The molecule has 0 aliphatic carbocycles. The fourth-order valence-corrected chi connectivity index (χ4v) is 4.64. The Labute approximate surface area is 157 Å². The van der Waals surface area contributed by atoms with Gasteiger partial charge in [-0.2, -0.15) is 0 Å². The quantitative estimate of drug-likeness (QED) is 0.773. The first-order chi connectivity index (χ1) is 12.8. The van der Waals surface area contributed by atoms with Gasteiger partial charge >= 0.3 is 0 Å². The maximum atomic E-state index is 13.6. The zero-order chi connectivity index (χ0) is 19.4. The maximum absolute atomic E-state index is 13.6. The molecule has 1 aromatic carbocycles. The van der Waals surface area contributed by atoms with Crippen LogP contribution in [0, 0.1) is 12.7 Å². The molecular formula is C18H21FN4O3S. The highest BCUT2D eigenvalue weighted by molar-refractivity contribution is 7.91. The van der Waals surface area contributed by atoms with Crippen LogP contribution in [0.5, 0.6) is 0 Å². The molecule has 0 radical (unpaired) electrons. The van der Waals surface area contributed by atoms with Gasteiger partial charge < -0.3 is 10.6 Å². The summed E-state index contributed by atoms with van der Waals surface area (Å²) in [4.78, 5) is 20.7. The summed E-state index contributed by atoms with van der Waals surface area (Å²) in [5.41, 5.74) is 0.761. The van der Waals surface area contributed by atoms with Gasteiger partial charge in [0.15, 0.2) is 9.84 Å². The molecule has 3 rings (SSSR count). The van der Waals surface area contributed by atoms with Crippen LogP contribution < -0.4 is 10.6 Å². The van der Waals surface area contributed by atoms with Crippen molar-refractivity contribution in [3.05, 3.63) is 53.2 Å². The molecule has 1 unspecified atom stereocenters. The molecule has 144 valence electrons. The number of aromatic nitrogens is 2. The molecule has 1 aliphatic heterocycles. The van der Waals surface area contributed by atoms with Crippen LogP contribution in [0.3, 0.4) is 0 Å². The van der Waals surface area contributed by atoms with E-state index in [4.69, 9.17) is 0 Å². The van der Waals surface area contributed by atoms with E-state index >= 15 is 0 Å². The van der Waals surface area contributed by atoms with Crippen molar-refractivity contribution in [1.29, 1.82) is 0 Å². The largest absolute Gasteiger partial charge is 0.370 e. The van der Waals surface area contributed by atoms with Crippen LogP contribution >= 0.6 is 0 Å². The van der Waals surface area contributed by atoms with Crippen LogP contribution in [0.15, 0.2) is 30.3 Å². The number of anilines is 1. The smallest absolute Gasteiger partial charge is 0.270 e. The topological polar surface area (TPSA) is 101 Å². The maximum Gasteiger partial charge on any atom is 0.270 e. The lowest BCUT2D eigenvalue weighted by Gasteiger charge is -2.12. The number of benzene rings is 1. The van der Waals surface area contributed by atoms with E-state index in [1.807, 2.05) is 0 Å². The number of rotatable bonds is 6. The molecule has 0 bridgehead atoms. The van der Waals surface area contributed by atoms with Crippen molar-refractivity contribution in [1.82, 2.24) is 15.3 Å². The average Bonchev–Trinajstić information content (AvgIpc) is 2.94. The molecule has 2 heterocycles. The van der Waals surface area contributed by atoms with E-state index in [2.05, 4.69) is 20.6 Å². The number of nitrogens with zero attached hydrogens (tertiary/aromatic N) is 2. The van der Waals surface area contributed by atoms with E-state index in [0.717, 1.165) is 0 Å². The summed E-state index contributed by atoms with van der Waals surface area (Å²) in [6, 6.07) is 7.66. The molecule has 7 nitrogen and oxygen atoms in total. The number of hydrogen-bond acceptors (Lipinski definition) is 6. The fraction of sp³-hybridized carbons (Fsp3) is 0.389. The molecule has 9 heteroatoms. The summed E-state index contributed by atoms with van der Waals surface area (Å²) in [7, 11) is -3.07. The Kier molecular flexibility index (Phi) is 5.69. The van der Waals surface area contributed by atoms with Crippen molar-refractivity contribution in [3.63, 3.8) is 0 Å². The first-order valence-electron chi connectivity index (χ1n) is 8.67. The molecule has 1 atom stereocenters. The zero-order valence-corrected chi connectivity index (χ0v) is 15.7. The monoisotopic (exact) mass is 392 g/mol. The van der Waals surface area contributed by atoms with Gasteiger partial charge in [0.25, 0.3) is 5.91 Å². The molecule has 2 N–H and O–H groups in total. The predicted octanol–water partition coefficient (Wildman–Crippen LogP) is 1.50. The van der Waals surface area contributed by atoms with E-state index in [1.54, 1.807) is 25.1 Å². The van der Waals surface area contributed by atoms with Crippen molar-refractivity contribution in [2.45, 2.75) is 25.8 Å². The van der Waals surface area contributed by atoms with Crippen LogP contribution in [0.1, 0.15) is 28.3 Å². The van der Waals surface area contributed by atoms with Gasteiger partial charge in [0.05, 0.1) is 11.5 Å². The molecular weight excluding hydrogens is 371 g/mol. The number of halogens is 1. The van der Waals surface area contributed by atoms with Crippen LogP contribution in [-0.2, 0) is 16.3 Å². The summed E-state index contributed by atoms with van der Waals surface area (Å²) in [5, 5.41) is 5.78. The summed E-state index contributed by atoms with van der Waals surface area (Å²) in [5.74, 6) is 0.225. The first kappa shape index (κ1) is 19.2. The highest BCUT2D eigenvalue weighted by atomic mass is 32.2. The van der Waals surface area contributed by atoms with Gasteiger partial charge in [0.2, 0.25) is 0 Å². The van der Waals surface area contributed by atoms with Crippen molar-refractivity contribution in [3.8, 4) is 0 Å². The van der Waals surface area contributed by atoms with Gasteiger partial charge in [0.1, 0.15) is 23.2 Å². The molecule has 1 aliphatic rings. The molecule has 1 saturated heterocycles. The minimum absolute atomic E-state index is 0.0451. The van der Waals surface area contributed by atoms with Gasteiger partial charge in [-0.25, -0.2) is 22.8 Å². The van der Waals surface area contributed by atoms with Gasteiger partial charge in [-0.1, -0.05) is 18.2 Å². The second kappa shape index (κ2) is 7.99. The van der Waals surface area contributed by atoms with E-state index in [-0.39, 0.29) is 23.0 Å². The number of carbonyl (C=O) groups is 1. The van der Waals surface area contributed by atoms with Gasteiger partial charge in [-0.3, -0.25) is 4.79 Å². The van der Waals surface area contributed by atoms with E-state index in [0.29, 0.717) is 36.6 Å². The number of nitrogens with one attached hydrogen (secondary N) is 2. The third kappa shape index (κ3) is 5.22. The number of carbonyl (C=O) groups excluding carboxylic acids is 1. The van der Waals surface area contributed by atoms with E-state index in [1.165, 1.54) is 12.1 Å². The molecule has 1 amide bonds. The average molecular weight is 392 g/mol. The van der Waals surface area contributed by atoms with Crippen molar-refractivity contribution in [2.24, 2.45) is 0 Å². The summed E-state index contributed by atoms with van der Waals surface area (Å²) in [6.45, 7) is 2.11.